The molecule has 0 fully saturated rings. The van der Waals surface area contributed by atoms with E-state index in [1.165, 1.54) is 6.20 Å². The summed E-state index contributed by atoms with van der Waals surface area (Å²) in [5, 5.41) is 2.31. The molecule has 0 rings (SSSR count). The predicted octanol–water partition coefficient (Wildman–Crippen LogP) is 1.12. The molecule has 1 amide bonds. The zero-order chi connectivity index (χ0) is 12.4. The molecule has 0 heterocycles. The molecule has 0 aromatic heterocycles. The summed E-state index contributed by atoms with van der Waals surface area (Å²) in [6.45, 7) is 3.63. The van der Waals surface area contributed by atoms with Gasteiger partial charge in [0.25, 0.3) is 0 Å². The molecule has 16 heavy (non-hydrogen) atoms. The molecule has 94 valence electrons. The van der Waals surface area contributed by atoms with Crippen LogP contribution in [0.1, 0.15) is 6.42 Å². The van der Waals surface area contributed by atoms with Gasteiger partial charge in [0.2, 0.25) is 0 Å². The Hall–Kier alpha value is -0.893. The van der Waals surface area contributed by atoms with Gasteiger partial charge in [-0.3, -0.25) is 5.32 Å². The third kappa shape index (κ3) is 5.26. The van der Waals surface area contributed by atoms with Crippen LogP contribution in [-0.4, -0.2) is 42.8 Å². The van der Waals surface area contributed by atoms with Crippen molar-refractivity contribution in [2.75, 3.05) is 27.9 Å². The molecule has 0 radical (unpaired) electrons. The van der Waals surface area contributed by atoms with E-state index >= 15 is 0 Å². The molecule has 0 saturated heterocycles. The van der Waals surface area contributed by atoms with E-state index in [2.05, 4.69) is 11.9 Å². The standard InChI is InChI=1S/C9H19NO5Si/c1-5-10-9(11)15-7-6-8-16(12-2,13-3)14-4/h5H,1,6-8H2,2-4H3,(H,10,11). The summed E-state index contributed by atoms with van der Waals surface area (Å²) in [7, 11) is 2.10. The van der Waals surface area contributed by atoms with E-state index in [-0.39, 0.29) is 6.61 Å². The Morgan fingerprint density at radius 2 is 1.88 bits per heavy atom. The number of amides is 1. The number of nitrogens with one attached hydrogen (secondary N) is 1. The summed E-state index contributed by atoms with van der Waals surface area (Å²) in [4.78, 5) is 10.9. The lowest BCUT2D eigenvalue weighted by molar-refractivity contribution is 0.116. The van der Waals surface area contributed by atoms with E-state index in [9.17, 15) is 4.79 Å². The summed E-state index contributed by atoms with van der Waals surface area (Å²) >= 11 is 0. The summed E-state index contributed by atoms with van der Waals surface area (Å²) < 4.78 is 20.5. The Balaban J connectivity index is 3.78. The van der Waals surface area contributed by atoms with Crippen LogP contribution in [0.5, 0.6) is 0 Å². The highest BCUT2D eigenvalue weighted by Crippen LogP contribution is 2.14. The third-order valence-electron chi connectivity index (χ3n) is 2.01. The molecule has 0 spiro atoms. The van der Waals surface area contributed by atoms with E-state index < -0.39 is 14.9 Å². The van der Waals surface area contributed by atoms with Crippen LogP contribution >= 0.6 is 0 Å². The second-order valence-corrected chi connectivity index (χ2v) is 5.97. The fourth-order valence-corrected chi connectivity index (χ4v) is 2.82. The molecule has 0 bridgehead atoms. The van der Waals surface area contributed by atoms with Gasteiger partial charge in [-0.25, -0.2) is 4.79 Å². The van der Waals surface area contributed by atoms with Crippen LogP contribution in [0.4, 0.5) is 4.79 Å². The number of hydrogen-bond acceptors (Lipinski definition) is 5. The lowest BCUT2D eigenvalue weighted by Gasteiger charge is -2.23. The smallest absolute Gasteiger partial charge is 0.449 e. The summed E-state index contributed by atoms with van der Waals surface area (Å²) in [6, 6.07) is 0.595. The normalized spacial score (nSPS) is 10.9. The minimum Gasteiger partial charge on any atom is -0.449 e. The van der Waals surface area contributed by atoms with Crippen molar-refractivity contribution < 1.29 is 22.8 Å². The molecule has 0 aromatic carbocycles. The van der Waals surface area contributed by atoms with E-state index in [4.69, 9.17) is 18.0 Å². The maximum atomic E-state index is 10.9. The molecule has 6 nitrogen and oxygen atoms in total. The highest BCUT2D eigenvalue weighted by atomic mass is 28.4. The topological polar surface area (TPSA) is 66.0 Å². The molecule has 0 unspecified atom stereocenters. The van der Waals surface area contributed by atoms with E-state index in [1.807, 2.05) is 0 Å². The zero-order valence-electron chi connectivity index (χ0n) is 9.95. The molecule has 0 aliphatic heterocycles. The highest BCUT2D eigenvalue weighted by molar-refractivity contribution is 6.60. The quantitative estimate of drug-likeness (QED) is 0.516. The van der Waals surface area contributed by atoms with Gasteiger partial charge < -0.3 is 18.0 Å². The van der Waals surface area contributed by atoms with Crippen LogP contribution in [0, 0.1) is 0 Å². The Morgan fingerprint density at radius 1 is 1.31 bits per heavy atom. The second-order valence-electron chi connectivity index (χ2n) is 2.88. The van der Waals surface area contributed by atoms with Crippen molar-refractivity contribution >= 4 is 14.9 Å². The monoisotopic (exact) mass is 249 g/mol. The molecule has 0 aliphatic rings. The van der Waals surface area contributed by atoms with Gasteiger partial charge in [-0.1, -0.05) is 6.58 Å². The predicted molar refractivity (Wildman–Crippen MR) is 60.9 cm³/mol. The maximum Gasteiger partial charge on any atom is 0.500 e. The first-order valence-corrected chi connectivity index (χ1v) is 6.77. The molecule has 0 aliphatic carbocycles. The maximum absolute atomic E-state index is 10.9. The van der Waals surface area contributed by atoms with Crippen LogP contribution in [-0.2, 0) is 18.0 Å². The van der Waals surface area contributed by atoms with Gasteiger partial charge in [0.05, 0.1) is 6.61 Å². The average molecular weight is 249 g/mol. The number of rotatable bonds is 8. The van der Waals surface area contributed by atoms with Gasteiger partial charge in [-0.15, -0.1) is 0 Å². The fourth-order valence-electron chi connectivity index (χ4n) is 1.13. The lowest BCUT2D eigenvalue weighted by atomic mass is 10.5. The molecule has 0 atom stereocenters. The summed E-state index contributed by atoms with van der Waals surface area (Å²) in [5.74, 6) is 0. The van der Waals surface area contributed by atoms with Crippen molar-refractivity contribution in [1.82, 2.24) is 5.32 Å². The van der Waals surface area contributed by atoms with Gasteiger partial charge in [0.15, 0.2) is 0 Å². The largest absolute Gasteiger partial charge is 0.500 e. The number of carbonyl (C=O) groups is 1. The van der Waals surface area contributed by atoms with Crippen LogP contribution in [0.2, 0.25) is 6.04 Å². The van der Waals surface area contributed by atoms with Crippen molar-refractivity contribution in [1.29, 1.82) is 0 Å². The number of alkyl carbamates (subject to hydrolysis) is 1. The highest BCUT2D eigenvalue weighted by Gasteiger charge is 2.36. The molecular weight excluding hydrogens is 230 g/mol. The average Bonchev–Trinajstić information content (AvgIpc) is 2.31. The van der Waals surface area contributed by atoms with Crippen LogP contribution in [0.25, 0.3) is 0 Å². The minimum absolute atomic E-state index is 0.282. The van der Waals surface area contributed by atoms with Gasteiger partial charge >= 0.3 is 14.9 Å². The first-order chi connectivity index (χ1) is 7.64. The number of ether oxygens (including phenoxy) is 1. The SMILES string of the molecule is C=CNC(=O)OCCC[Si](OC)(OC)OC. The molecular formula is C9H19NO5Si. The first-order valence-electron chi connectivity index (χ1n) is 4.83. The minimum atomic E-state index is -2.54. The fraction of sp³-hybridized carbons (Fsp3) is 0.667. The molecule has 7 heteroatoms. The zero-order valence-corrected chi connectivity index (χ0v) is 10.9. The lowest BCUT2D eigenvalue weighted by Crippen LogP contribution is -2.42. The van der Waals surface area contributed by atoms with Crippen molar-refractivity contribution in [3.63, 3.8) is 0 Å². The van der Waals surface area contributed by atoms with Gasteiger partial charge in [0, 0.05) is 27.4 Å². The molecule has 1 N–H and O–H groups in total. The Morgan fingerprint density at radius 3 is 2.31 bits per heavy atom. The van der Waals surface area contributed by atoms with Crippen molar-refractivity contribution in [3.05, 3.63) is 12.8 Å². The second kappa shape index (κ2) is 8.28. The van der Waals surface area contributed by atoms with E-state index in [0.29, 0.717) is 12.5 Å². The summed E-state index contributed by atoms with van der Waals surface area (Å²) in [5.41, 5.74) is 0. The summed E-state index contributed by atoms with van der Waals surface area (Å²) in [6.07, 6.45) is 1.36. The first kappa shape index (κ1) is 15.1. The van der Waals surface area contributed by atoms with E-state index in [1.54, 1.807) is 21.3 Å². The number of hydrogen-bond donors (Lipinski definition) is 1. The molecule has 0 aromatic rings. The Labute approximate surface area is 96.9 Å². The van der Waals surface area contributed by atoms with Gasteiger partial charge in [0.1, 0.15) is 0 Å². The van der Waals surface area contributed by atoms with Crippen LogP contribution in [0.15, 0.2) is 12.8 Å². The number of carbonyl (C=O) groups excluding carboxylic acids is 1. The van der Waals surface area contributed by atoms with E-state index in [0.717, 1.165) is 0 Å². The van der Waals surface area contributed by atoms with Crippen molar-refractivity contribution in [3.8, 4) is 0 Å². The van der Waals surface area contributed by atoms with Gasteiger partial charge in [-0.05, 0) is 12.6 Å². The Kier molecular flexibility index (Phi) is 7.82. The van der Waals surface area contributed by atoms with Crippen molar-refractivity contribution in [2.45, 2.75) is 12.5 Å². The molecule has 0 saturated carbocycles. The third-order valence-corrected chi connectivity index (χ3v) is 4.85. The van der Waals surface area contributed by atoms with Crippen LogP contribution in [0.3, 0.4) is 0 Å². The van der Waals surface area contributed by atoms with Crippen LogP contribution < -0.4 is 5.32 Å². The van der Waals surface area contributed by atoms with Gasteiger partial charge in [-0.2, -0.15) is 0 Å². The Bertz CT molecular complexity index is 212. The van der Waals surface area contributed by atoms with Crippen molar-refractivity contribution in [2.24, 2.45) is 0 Å².